The molecule has 0 aliphatic heterocycles. The monoisotopic (exact) mass is 225 g/mol. The van der Waals surface area contributed by atoms with Gasteiger partial charge < -0.3 is 5.11 Å². The van der Waals surface area contributed by atoms with Crippen molar-refractivity contribution in [2.24, 2.45) is 5.92 Å². The Morgan fingerprint density at radius 3 is 2.19 bits per heavy atom. The fourth-order valence-corrected chi connectivity index (χ4v) is 2.77. The van der Waals surface area contributed by atoms with E-state index in [-0.39, 0.29) is 6.54 Å². The Morgan fingerprint density at radius 1 is 1.06 bits per heavy atom. The molecule has 2 aliphatic rings. The molecular formula is C13H23NO2. The van der Waals surface area contributed by atoms with Gasteiger partial charge in [-0.1, -0.05) is 25.7 Å². The second kappa shape index (κ2) is 5.67. The second-order valence-corrected chi connectivity index (χ2v) is 5.41. The summed E-state index contributed by atoms with van der Waals surface area (Å²) in [5.74, 6) is 0.132. The summed E-state index contributed by atoms with van der Waals surface area (Å²) in [5.41, 5.74) is 0. The summed E-state index contributed by atoms with van der Waals surface area (Å²) >= 11 is 0. The topological polar surface area (TPSA) is 40.5 Å². The van der Waals surface area contributed by atoms with Crippen LogP contribution in [0.25, 0.3) is 0 Å². The number of carboxylic acids is 1. The molecule has 2 saturated carbocycles. The number of aliphatic carboxylic acids is 1. The maximum Gasteiger partial charge on any atom is 0.317 e. The third-order valence-electron chi connectivity index (χ3n) is 3.87. The lowest BCUT2D eigenvalue weighted by molar-refractivity contribution is -0.139. The minimum absolute atomic E-state index is 0.251. The molecule has 0 heterocycles. The van der Waals surface area contributed by atoms with E-state index in [1.54, 1.807) is 0 Å². The van der Waals surface area contributed by atoms with Crippen molar-refractivity contribution >= 4 is 5.97 Å². The fourth-order valence-electron chi connectivity index (χ4n) is 2.77. The predicted molar refractivity (Wildman–Crippen MR) is 63.4 cm³/mol. The van der Waals surface area contributed by atoms with E-state index in [4.69, 9.17) is 5.11 Å². The van der Waals surface area contributed by atoms with E-state index in [0.717, 1.165) is 12.5 Å². The van der Waals surface area contributed by atoms with E-state index < -0.39 is 5.97 Å². The van der Waals surface area contributed by atoms with E-state index >= 15 is 0 Å². The Labute approximate surface area is 97.8 Å². The van der Waals surface area contributed by atoms with Crippen LogP contribution in [0, 0.1) is 5.92 Å². The summed E-state index contributed by atoms with van der Waals surface area (Å²) < 4.78 is 0. The van der Waals surface area contributed by atoms with Crippen LogP contribution in [0.3, 0.4) is 0 Å². The van der Waals surface area contributed by atoms with Crippen LogP contribution in [-0.2, 0) is 4.79 Å². The van der Waals surface area contributed by atoms with Crippen LogP contribution >= 0.6 is 0 Å². The van der Waals surface area contributed by atoms with Gasteiger partial charge in [0, 0.05) is 12.6 Å². The van der Waals surface area contributed by atoms with Gasteiger partial charge in [0.1, 0.15) is 0 Å². The molecule has 1 N–H and O–H groups in total. The number of hydrogen-bond acceptors (Lipinski definition) is 2. The Kier molecular flexibility index (Phi) is 4.22. The summed E-state index contributed by atoms with van der Waals surface area (Å²) in [6.45, 7) is 1.28. The zero-order chi connectivity index (χ0) is 11.4. The molecule has 0 aromatic rings. The lowest BCUT2D eigenvalue weighted by atomic mass is 10.1. The highest BCUT2D eigenvalue weighted by atomic mass is 16.4. The van der Waals surface area contributed by atoms with E-state index in [1.165, 1.54) is 51.4 Å². The van der Waals surface area contributed by atoms with Crippen LogP contribution in [0.5, 0.6) is 0 Å². The molecule has 0 aromatic carbocycles. The van der Waals surface area contributed by atoms with Gasteiger partial charge in [-0.05, 0) is 31.6 Å². The number of carboxylic acid groups (broad SMARTS) is 1. The molecule has 3 nitrogen and oxygen atoms in total. The van der Waals surface area contributed by atoms with Crippen LogP contribution < -0.4 is 0 Å². The van der Waals surface area contributed by atoms with E-state index in [2.05, 4.69) is 4.90 Å². The molecule has 0 radical (unpaired) electrons. The van der Waals surface area contributed by atoms with Crippen LogP contribution in [0.2, 0.25) is 0 Å². The molecule has 0 bridgehead atoms. The molecule has 0 unspecified atom stereocenters. The number of carbonyl (C=O) groups is 1. The standard InChI is InChI=1S/C13H23NO2/c15-13(16)10-14(9-11-7-8-11)12-5-3-1-2-4-6-12/h11-12H,1-10H2,(H,15,16). The zero-order valence-electron chi connectivity index (χ0n) is 10.0. The maximum atomic E-state index is 10.9. The molecule has 0 saturated heterocycles. The van der Waals surface area contributed by atoms with Crippen LogP contribution in [-0.4, -0.2) is 35.1 Å². The molecule has 0 amide bonds. The lowest BCUT2D eigenvalue weighted by Crippen LogP contribution is -2.40. The number of hydrogen-bond donors (Lipinski definition) is 1. The lowest BCUT2D eigenvalue weighted by Gasteiger charge is -2.29. The summed E-state index contributed by atoms with van der Waals surface area (Å²) in [6, 6.07) is 0.541. The molecule has 3 heteroatoms. The number of nitrogens with zero attached hydrogens (tertiary/aromatic N) is 1. The van der Waals surface area contributed by atoms with Gasteiger partial charge in [-0.2, -0.15) is 0 Å². The van der Waals surface area contributed by atoms with Crippen LogP contribution in [0.15, 0.2) is 0 Å². The average molecular weight is 225 g/mol. The highest BCUT2D eigenvalue weighted by Crippen LogP contribution is 2.32. The SMILES string of the molecule is O=C(O)CN(CC1CC1)C1CCCCCC1. The molecule has 92 valence electrons. The molecule has 0 aromatic heterocycles. The third-order valence-corrected chi connectivity index (χ3v) is 3.87. The van der Waals surface area contributed by atoms with E-state index in [9.17, 15) is 4.79 Å². The van der Waals surface area contributed by atoms with Gasteiger partial charge in [-0.15, -0.1) is 0 Å². The van der Waals surface area contributed by atoms with Crippen molar-refractivity contribution in [3.8, 4) is 0 Å². The van der Waals surface area contributed by atoms with Gasteiger partial charge in [0.2, 0.25) is 0 Å². The summed E-state index contributed by atoms with van der Waals surface area (Å²) in [7, 11) is 0. The molecule has 2 fully saturated rings. The van der Waals surface area contributed by atoms with Crippen molar-refractivity contribution in [1.29, 1.82) is 0 Å². The van der Waals surface area contributed by atoms with Gasteiger partial charge in [0.15, 0.2) is 0 Å². The van der Waals surface area contributed by atoms with Crippen molar-refractivity contribution in [3.05, 3.63) is 0 Å². The summed E-state index contributed by atoms with van der Waals surface area (Å²) in [5, 5.41) is 8.98. The normalized spacial score (nSPS) is 23.3. The van der Waals surface area contributed by atoms with Crippen molar-refractivity contribution in [2.45, 2.75) is 57.4 Å². The number of rotatable bonds is 5. The Bertz CT molecular complexity index is 230. The molecule has 2 rings (SSSR count). The molecule has 2 aliphatic carbocycles. The Morgan fingerprint density at radius 2 is 1.69 bits per heavy atom. The first-order valence-electron chi connectivity index (χ1n) is 6.71. The third kappa shape index (κ3) is 3.78. The van der Waals surface area contributed by atoms with E-state index in [1.807, 2.05) is 0 Å². The van der Waals surface area contributed by atoms with Gasteiger partial charge in [-0.25, -0.2) is 0 Å². The molecule has 16 heavy (non-hydrogen) atoms. The predicted octanol–water partition coefficient (Wildman–Crippen LogP) is 2.51. The van der Waals surface area contributed by atoms with Crippen LogP contribution in [0.4, 0.5) is 0 Å². The van der Waals surface area contributed by atoms with Gasteiger partial charge in [0.25, 0.3) is 0 Å². The first-order valence-corrected chi connectivity index (χ1v) is 6.71. The van der Waals surface area contributed by atoms with Crippen molar-refractivity contribution in [1.82, 2.24) is 4.90 Å². The first kappa shape index (κ1) is 11.9. The van der Waals surface area contributed by atoms with Crippen LogP contribution in [0.1, 0.15) is 51.4 Å². The van der Waals surface area contributed by atoms with Crippen molar-refractivity contribution < 1.29 is 9.90 Å². The Hall–Kier alpha value is -0.570. The average Bonchev–Trinajstić information content (AvgIpc) is 3.01. The zero-order valence-corrected chi connectivity index (χ0v) is 10.0. The maximum absolute atomic E-state index is 10.9. The molecule has 0 spiro atoms. The molecule has 0 atom stereocenters. The fraction of sp³-hybridized carbons (Fsp3) is 0.923. The van der Waals surface area contributed by atoms with Crippen molar-refractivity contribution in [3.63, 3.8) is 0 Å². The summed E-state index contributed by atoms with van der Waals surface area (Å²) in [4.78, 5) is 13.1. The highest BCUT2D eigenvalue weighted by Gasteiger charge is 2.29. The highest BCUT2D eigenvalue weighted by molar-refractivity contribution is 5.69. The largest absolute Gasteiger partial charge is 0.480 e. The van der Waals surface area contributed by atoms with Crippen molar-refractivity contribution in [2.75, 3.05) is 13.1 Å². The van der Waals surface area contributed by atoms with E-state index in [0.29, 0.717) is 6.04 Å². The first-order chi connectivity index (χ1) is 7.75. The Balaban J connectivity index is 1.88. The van der Waals surface area contributed by atoms with Gasteiger partial charge in [0.05, 0.1) is 6.54 Å². The smallest absolute Gasteiger partial charge is 0.317 e. The van der Waals surface area contributed by atoms with Gasteiger partial charge in [-0.3, -0.25) is 9.69 Å². The quantitative estimate of drug-likeness (QED) is 0.731. The second-order valence-electron chi connectivity index (χ2n) is 5.41. The minimum Gasteiger partial charge on any atom is -0.480 e. The molecular weight excluding hydrogens is 202 g/mol. The van der Waals surface area contributed by atoms with Gasteiger partial charge >= 0.3 is 5.97 Å². The minimum atomic E-state index is -0.662. The summed E-state index contributed by atoms with van der Waals surface area (Å²) in [6.07, 6.45) is 10.3.